The van der Waals surface area contributed by atoms with E-state index in [1.54, 1.807) is 12.4 Å². The predicted molar refractivity (Wildman–Crippen MR) is 78.0 cm³/mol. The molecule has 0 spiro atoms. The zero-order valence-corrected chi connectivity index (χ0v) is 11.4. The molecule has 1 atom stereocenters. The van der Waals surface area contributed by atoms with Gasteiger partial charge < -0.3 is 16.0 Å². The van der Waals surface area contributed by atoms with Gasteiger partial charge in [-0.25, -0.2) is 4.98 Å². The molecule has 0 fully saturated rings. The Bertz CT molecular complexity index is 510. The van der Waals surface area contributed by atoms with Crippen molar-refractivity contribution in [3.05, 3.63) is 54.1 Å². The Morgan fingerprint density at radius 3 is 2.80 bits per heavy atom. The fraction of sp³-hybridized carbons (Fsp3) is 0.333. The molecule has 1 heterocycles. The highest BCUT2D eigenvalue weighted by Gasteiger charge is 2.12. The van der Waals surface area contributed by atoms with E-state index in [1.807, 2.05) is 30.3 Å². The van der Waals surface area contributed by atoms with Crippen LogP contribution in [0.15, 0.2) is 42.7 Å². The van der Waals surface area contributed by atoms with Crippen molar-refractivity contribution in [1.29, 1.82) is 0 Å². The van der Waals surface area contributed by atoms with Crippen LogP contribution in [0.1, 0.15) is 17.8 Å². The van der Waals surface area contributed by atoms with Crippen LogP contribution in [0.2, 0.25) is 0 Å². The molecule has 0 aliphatic carbocycles. The molecule has 0 bridgehead atoms. The Morgan fingerprint density at radius 1 is 1.30 bits per heavy atom. The van der Waals surface area contributed by atoms with Gasteiger partial charge in [0.25, 0.3) is 0 Å². The minimum absolute atomic E-state index is 0.104. The third-order valence-electron chi connectivity index (χ3n) is 3.14. The van der Waals surface area contributed by atoms with E-state index in [1.165, 1.54) is 5.56 Å². The molecule has 20 heavy (non-hydrogen) atoms. The van der Waals surface area contributed by atoms with Gasteiger partial charge in [0.1, 0.15) is 5.82 Å². The molecule has 0 aliphatic heterocycles. The standard InChI is InChI=1S/C15H20N4O/c16-13(7-6-12-4-2-1-3-5-12)15(20)19-9-8-14-17-10-11-18-14/h1-5,10-11,13H,6-9,16H2,(H,17,18)(H,19,20). The summed E-state index contributed by atoms with van der Waals surface area (Å²) in [5.74, 6) is 0.760. The molecular formula is C15H20N4O. The summed E-state index contributed by atoms with van der Waals surface area (Å²) in [7, 11) is 0. The Morgan fingerprint density at radius 2 is 2.10 bits per heavy atom. The average molecular weight is 272 g/mol. The number of aromatic amines is 1. The molecule has 0 aliphatic rings. The van der Waals surface area contributed by atoms with Crippen LogP contribution in [0, 0.1) is 0 Å². The van der Waals surface area contributed by atoms with Crippen molar-refractivity contribution in [3.63, 3.8) is 0 Å². The van der Waals surface area contributed by atoms with E-state index in [0.717, 1.165) is 12.2 Å². The lowest BCUT2D eigenvalue weighted by Gasteiger charge is -2.11. The number of carbonyl (C=O) groups excluding carboxylic acids is 1. The number of rotatable bonds is 7. The molecule has 4 N–H and O–H groups in total. The van der Waals surface area contributed by atoms with E-state index in [4.69, 9.17) is 5.73 Å². The molecule has 2 aromatic rings. The highest BCUT2D eigenvalue weighted by molar-refractivity contribution is 5.81. The Hall–Kier alpha value is -2.14. The number of hydrogen-bond donors (Lipinski definition) is 3. The summed E-state index contributed by atoms with van der Waals surface area (Å²) < 4.78 is 0. The highest BCUT2D eigenvalue weighted by Crippen LogP contribution is 2.04. The molecule has 5 nitrogen and oxygen atoms in total. The number of carbonyl (C=O) groups is 1. The minimum atomic E-state index is -0.466. The second-order valence-electron chi connectivity index (χ2n) is 4.71. The van der Waals surface area contributed by atoms with Gasteiger partial charge in [0.05, 0.1) is 6.04 Å². The van der Waals surface area contributed by atoms with Crippen LogP contribution in [-0.4, -0.2) is 28.5 Å². The summed E-state index contributed by atoms with van der Waals surface area (Å²) in [6, 6.07) is 9.58. The lowest BCUT2D eigenvalue weighted by Crippen LogP contribution is -2.41. The number of amides is 1. The number of H-pyrrole nitrogens is 1. The van der Waals surface area contributed by atoms with Crippen molar-refractivity contribution in [1.82, 2.24) is 15.3 Å². The van der Waals surface area contributed by atoms with Crippen molar-refractivity contribution in [2.24, 2.45) is 5.73 Å². The number of imidazole rings is 1. The largest absolute Gasteiger partial charge is 0.354 e. The van der Waals surface area contributed by atoms with E-state index in [0.29, 0.717) is 19.4 Å². The normalized spacial score (nSPS) is 12.1. The van der Waals surface area contributed by atoms with Gasteiger partial charge >= 0.3 is 0 Å². The summed E-state index contributed by atoms with van der Waals surface area (Å²) in [6.07, 6.45) is 5.61. The Balaban J connectivity index is 1.66. The first-order chi connectivity index (χ1) is 9.75. The van der Waals surface area contributed by atoms with Crippen LogP contribution >= 0.6 is 0 Å². The number of aromatic nitrogens is 2. The SMILES string of the molecule is NC(CCc1ccccc1)C(=O)NCCc1ncc[nH]1. The second-order valence-corrected chi connectivity index (χ2v) is 4.71. The molecule has 2 rings (SSSR count). The monoisotopic (exact) mass is 272 g/mol. The van der Waals surface area contributed by atoms with Gasteiger partial charge in [0, 0.05) is 25.4 Å². The van der Waals surface area contributed by atoms with Crippen LogP contribution in [0.5, 0.6) is 0 Å². The van der Waals surface area contributed by atoms with Gasteiger partial charge in [-0.05, 0) is 18.4 Å². The van der Waals surface area contributed by atoms with E-state index in [2.05, 4.69) is 15.3 Å². The molecule has 1 aromatic carbocycles. The maximum absolute atomic E-state index is 11.8. The molecule has 1 amide bonds. The van der Waals surface area contributed by atoms with Crippen molar-refractivity contribution in [3.8, 4) is 0 Å². The molecule has 0 saturated carbocycles. The van der Waals surface area contributed by atoms with Gasteiger partial charge in [-0.3, -0.25) is 4.79 Å². The quantitative estimate of drug-likeness (QED) is 0.704. The van der Waals surface area contributed by atoms with Crippen LogP contribution < -0.4 is 11.1 Å². The Kier molecular flexibility index (Phi) is 5.32. The van der Waals surface area contributed by atoms with Gasteiger partial charge in [-0.2, -0.15) is 0 Å². The minimum Gasteiger partial charge on any atom is -0.354 e. The zero-order chi connectivity index (χ0) is 14.2. The molecule has 0 saturated heterocycles. The van der Waals surface area contributed by atoms with E-state index < -0.39 is 6.04 Å². The summed E-state index contributed by atoms with van der Waals surface area (Å²) in [6.45, 7) is 0.547. The van der Waals surface area contributed by atoms with Crippen molar-refractivity contribution >= 4 is 5.91 Å². The zero-order valence-electron chi connectivity index (χ0n) is 11.4. The predicted octanol–water partition coefficient (Wildman–Crippen LogP) is 1.03. The number of aryl methyl sites for hydroxylation is 1. The number of hydrogen-bond acceptors (Lipinski definition) is 3. The third-order valence-corrected chi connectivity index (χ3v) is 3.14. The molecule has 5 heteroatoms. The van der Waals surface area contributed by atoms with Crippen LogP contribution in [-0.2, 0) is 17.6 Å². The third kappa shape index (κ3) is 4.51. The van der Waals surface area contributed by atoms with Crippen LogP contribution in [0.4, 0.5) is 0 Å². The number of nitrogens with two attached hydrogens (primary N) is 1. The molecule has 1 unspecified atom stereocenters. The Labute approximate surface area is 118 Å². The van der Waals surface area contributed by atoms with Gasteiger partial charge in [0.2, 0.25) is 5.91 Å². The van der Waals surface area contributed by atoms with Crippen LogP contribution in [0.3, 0.4) is 0 Å². The first kappa shape index (κ1) is 14.3. The molecule has 1 aromatic heterocycles. The summed E-state index contributed by atoms with van der Waals surface area (Å²) in [5, 5.41) is 2.83. The summed E-state index contributed by atoms with van der Waals surface area (Å²) in [5.41, 5.74) is 7.09. The van der Waals surface area contributed by atoms with Crippen LogP contribution in [0.25, 0.3) is 0 Å². The van der Waals surface area contributed by atoms with Crippen molar-refractivity contribution in [2.45, 2.75) is 25.3 Å². The fourth-order valence-corrected chi connectivity index (χ4v) is 1.97. The number of nitrogens with one attached hydrogen (secondary N) is 2. The van der Waals surface area contributed by atoms with Crippen molar-refractivity contribution < 1.29 is 4.79 Å². The molecular weight excluding hydrogens is 252 g/mol. The maximum atomic E-state index is 11.8. The smallest absolute Gasteiger partial charge is 0.236 e. The van der Waals surface area contributed by atoms with E-state index in [9.17, 15) is 4.79 Å². The topological polar surface area (TPSA) is 83.8 Å². The summed E-state index contributed by atoms with van der Waals surface area (Å²) >= 11 is 0. The highest BCUT2D eigenvalue weighted by atomic mass is 16.2. The van der Waals surface area contributed by atoms with Gasteiger partial charge in [-0.15, -0.1) is 0 Å². The average Bonchev–Trinajstić information content (AvgIpc) is 2.99. The maximum Gasteiger partial charge on any atom is 0.236 e. The lowest BCUT2D eigenvalue weighted by molar-refractivity contribution is -0.122. The number of benzene rings is 1. The first-order valence-corrected chi connectivity index (χ1v) is 6.81. The number of nitrogens with zero attached hydrogens (tertiary/aromatic N) is 1. The fourth-order valence-electron chi connectivity index (χ4n) is 1.97. The summed E-state index contributed by atoms with van der Waals surface area (Å²) in [4.78, 5) is 18.9. The molecule has 106 valence electrons. The van der Waals surface area contributed by atoms with Crippen molar-refractivity contribution in [2.75, 3.05) is 6.54 Å². The lowest BCUT2D eigenvalue weighted by atomic mass is 10.1. The van der Waals surface area contributed by atoms with Gasteiger partial charge in [0.15, 0.2) is 0 Å². The first-order valence-electron chi connectivity index (χ1n) is 6.81. The van der Waals surface area contributed by atoms with Gasteiger partial charge in [-0.1, -0.05) is 30.3 Å². The van der Waals surface area contributed by atoms with E-state index in [-0.39, 0.29) is 5.91 Å². The molecule has 0 radical (unpaired) electrons. The van der Waals surface area contributed by atoms with E-state index >= 15 is 0 Å². The second kappa shape index (κ2) is 7.45.